The quantitative estimate of drug-likeness (QED) is 0.842. The summed E-state index contributed by atoms with van der Waals surface area (Å²) in [4.78, 5) is 9.52. The molecule has 0 amide bonds. The monoisotopic (exact) mass is 386 g/mol. The van der Waals surface area contributed by atoms with Gasteiger partial charge in [-0.15, -0.1) is 0 Å². The van der Waals surface area contributed by atoms with Gasteiger partial charge in [0, 0.05) is 41.5 Å². The zero-order chi connectivity index (χ0) is 18.8. The van der Waals surface area contributed by atoms with Crippen LogP contribution in [0, 0.1) is 5.92 Å². The van der Waals surface area contributed by atoms with Crippen molar-refractivity contribution in [1.29, 1.82) is 0 Å². The van der Waals surface area contributed by atoms with Crippen LogP contribution in [0.3, 0.4) is 0 Å². The van der Waals surface area contributed by atoms with Crippen molar-refractivity contribution in [2.24, 2.45) is 24.4 Å². The second-order valence-electron chi connectivity index (χ2n) is 9.05. The second-order valence-corrected chi connectivity index (χ2v) is 9.46. The molecule has 0 aliphatic heterocycles. The summed E-state index contributed by atoms with van der Waals surface area (Å²) in [6.45, 7) is 0. The normalized spacial score (nSPS) is 32.8. The summed E-state index contributed by atoms with van der Waals surface area (Å²) >= 11 is 6.53. The predicted molar refractivity (Wildman–Crippen MR) is 105 cm³/mol. The number of nitrogens with two attached hydrogens (primary N) is 2. The highest BCUT2D eigenvalue weighted by Gasteiger charge is 2.52. The van der Waals surface area contributed by atoms with Gasteiger partial charge in [-0.05, 0) is 57.3 Å². The van der Waals surface area contributed by atoms with Crippen LogP contribution in [0.2, 0.25) is 5.02 Å². The summed E-state index contributed by atoms with van der Waals surface area (Å²) in [6.07, 6.45) is 11.9. The molecule has 0 aromatic carbocycles. The van der Waals surface area contributed by atoms with Crippen LogP contribution in [0.15, 0.2) is 12.4 Å². The topological polar surface area (TPSA) is 95.6 Å². The van der Waals surface area contributed by atoms with Crippen molar-refractivity contribution in [1.82, 2.24) is 19.7 Å². The first kappa shape index (κ1) is 17.6. The molecule has 0 spiro atoms. The summed E-state index contributed by atoms with van der Waals surface area (Å²) in [5.41, 5.74) is 16.0. The third-order valence-corrected chi connectivity index (χ3v) is 7.33. The summed E-state index contributed by atoms with van der Waals surface area (Å²) in [6, 6.07) is 0. The highest BCUT2D eigenvalue weighted by atomic mass is 35.5. The lowest BCUT2D eigenvalue weighted by atomic mass is 9.57. The number of nitrogens with zero attached hydrogens (tertiary/aromatic N) is 4. The van der Waals surface area contributed by atoms with Crippen molar-refractivity contribution >= 4 is 11.6 Å². The lowest BCUT2D eigenvalue weighted by Crippen LogP contribution is -2.62. The van der Waals surface area contributed by atoms with Crippen molar-refractivity contribution < 1.29 is 0 Å². The standard InChI is InChI=1S/C20H27ClN6/c1-27-16(8-12-2-3-12)13(10-25-27)17-15(21)11-24-18(26-17)14-9-19(22)4-6-20(14,23)7-5-19/h10-12,14H,2-9,22-23H2,1H3. The fourth-order valence-corrected chi connectivity index (χ4v) is 5.15. The molecule has 4 aliphatic rings. The van der Waals surface area contributed by atoms with Crippen LogP contribution in [0.1, 0.15) is 62.4 Å². The van der Waals surface area contributed by atoms with Crippen molar-refractivity contribution in [3.8, 4) is 11.3 Å². The Balaban J connectivity index is 1.54. The first-order valence-electron chi connectivity index (χ1n) is 9.98. The number of aromatic nitrogens is 4. The van der Waals surface area contributed by atoms with E-state index in [1.165, 1.54) is 18.5 Å². The minimum Gasteiger partial charge on any atom is -0.325 e. The Kier molecular flexibility index (Phi) is 3.91. The van der Waals surface area contributed by atoms with Gasteiger partial charge in [-0.3, -0.25) is 4.68 Å². The predicted octanol–water partition coefficient (Wildman–Crippen LogP) is 2.94. The maximum Gasteiger partial charge on any atom is 0.134 e. The van der Waals surface area contributed by atoms with E-state index in [1.54, 1.807) is 6.20 Å². The van der Waals surface area contributed by atoms with E-state index in [9.17, 15) is 0 Å². The molecule has 0 saturated heterocycles. The first-order valence-corrected chi connectivity index (χ1v) is 10.4. The van der Waals surface area contributed by atoms with E-state index < -0.39 is 0 Å². The summed E-state index contributed by atoms with van der Waals surface area (Å²) in [5, 5.41) is 5.04. The summed E-state index contributed by atoms with van der Waals surface area (Å²) in [7, 11) is 1.99. The van der Waals surface area contributed by atoms with Crippen LogP contribution in [-0.4, -0.2) is 30.8 Å². The van der Waals surface area contributed by atoms with Crippen LogP contribution >= 0.6 is 11.6 Å². The van der Waals surface area contributed by atoms with Gasteiger partial charge in [-0.1, -0.05) is 11.6 Å². The van der Waals surface area contributed by atoms with E-state index in [0.29, 0.717) is 5.02 Å². The maximum atomic E-state index is 6.78. The molecule has 2 aromatic rings. The molecule has 2 heterocycles. The third-order valence-electron chi connectivity index (χ3n) is 7.05. The Morgan fingerprint density at radius 1 is 1.19 bits per heavy atom. The van der Waals surface area contributed by atoms with Crippen LogP contribution in [0.25, 0.3) is 11.3 Å². The number of hydrogen-bond donors (Lipinski definition) is 2. The van der Waals surface area contributed by atoms with E-state index in [-0.39, 0.29) is 17.0 Å². The highest BCUT2D eigenvalue weighted by molar-refractivity contribution is 6.32. The smallest absolute Gasteiger partial charge is 0.134 e. The van der Waals surface area contributed by atoms with Crippen LogP contribution < -0.4 is 11.5 Å². The molecule has 2 aromatic heterocycles. The molecule has 7 heteroatoms. The molecular formula is C20H27ClN6. The van der Waals surface area contributed by atoms with Gasteiger partial charge in [-0.2, -0.15) is 5.10 Å². The summed E-state index contributed by atoms with van der Waals surface area (Å²) in [5.74, 6) is 1.63. The molecular weight excluding hydrogens is 360 g/mol. The van der Waals surface area contributed by atoms with Crippen molar-refractivity contribution in [2.75, 3.05) is 0 Å². The molecule has 0 radical (unpaired) electrons. The Hall–Kier alpha value is -1.50. The van der Waals surface area contributed by atoms with Gasteiger partial charge >= 0.3 is 0 Å². The molecule has 4 N–H and O–H groups in total. The third kappa shape index (κ3) is 2.98. The fourth-order valence-electron chi connectivity index (χ4n) is 4.96. The zero-order valence-corrected chi connectivity index (χ0v) is 16.5. The zero-order valence-electron chi connectivity index (χ0n) is 15.8. The number of hydrogen-bond acceptors (Lipinski definition) is 5. The minimum atomic E-state index is -0.252. The largest absolute Gasteiger partial charge is 0.325 e. The lowest BCUT2D eigenvalue weighted by molar-refractivity contribution is 0.0817. The lowest BCUT2D eigenvalue weighted by Gasteiger charge is -2.54. The molecule has 27 heavy (non-hydrogen) atoms. The van der Waals surface area contributed by atoms with Crippen LogP contribution in [0.4, 0.5) is 0 Å². The van der Waals surface area contributed by atoms with E-state index in [2.05, 4.69) is 10.1 Å². The molecule has 4 aliphatic carbocycles. The van der Waals surface area contributed by atoms with Gasteiger partial charge < -0.3 is 11.5 Å². The van der Waals surface area contributed by atoms with Crippen molar-refractivity contribution in [3.63, 3.8) is 0 Å². The highest BCUT2D eigenvalue weighted by Crippen LogP contribution is 2.51. The van der Waals surface area contributed by atoms with Gasteiger partial charge in [-0.25, -0.2) is 9.97 Å². The fraction of sp³-hybridized carbons (Fsp3) is 0.650. The van der Waals surface area contributed by atoms with E-state index in [1.807, 2.05) is 17.9 Å². The average Bonchev–Trinajstić information content (AvgIpc) is 3.40. The summed E-state index contributed by atoms with van der Waals surface area (Å²) < 4.78 is 1.95. The Bertz CT molecular complexity index is 879. The van der Waals surface area contributed by atoms with Crippen molar-refractivity contribution in [3.05, 3.63) is 28.9 Å². The second kappa shape index (κ2) is 6.00. The first-order chi connectivity index (χ1) is 12.9. The molecule has 4 fully saturated rings. The van der Waals surface area contributed by atoms with E-state index >= 15 is 0 Å². The van der Waals surface area contributed by atoms with Gasteiger partial charge in [0.1, 0.15) is 5.82 Å². The molecule has 4 saturated carbocycles. The maximum absolute atomic E-state index is 6.78. The van der Waals surface area contributed by atoms with Crippen LogP contribution in [0.5, 0.6) is 0 Å². The number of fused-ring (bicyclic) bond motifs is 3. The van der Waals surface area contributed by atoms with Gasteiger partial charge in [0.15, 0.2) is 0 Å². The van der Waals surface area contributed by atoms with E-state index in [0.717, 1.165) is 61.5 Å². The Labute approximate surface area is 164 Å². The SMILES string of the molecule is Cn1ncc(-c2nc(C3CC4(N)CCC3(N)CC4)ncc2Cl)c1CC1CC1. The number of aryl methyl sites for hydroxylation is 1. The molecule has 1 atom stereocenters. The molecule has 6 rings (SSSR count). The molecule has 1 unspecified atom stereocenters. The van der Waals surface area contributed by atoms with Gasteiger partial charge in [0.05, 0.1) is 16.9 Å². The van der Waals surface area contributed by atoms with Crippen LogP contribution in [-0.2, 0) is 13.5 Å². The minimum absolute atomic E-state index is 0.0876. The molecule has 6 nitrogen and oxygen atoms in total. The van der Waals surface area contributed by atoms with Gasteiger partial charge in [0.2, 0.25) is 0 Å². The van der Waals surface area contributed by atoms with E-state index in [4.69, 9.17) is 28.1 Å². The van der Waals surface area contributed by atoms with Crippen molar-refractivity contribution in [2.45, 2.75) is 68.4 Å². The Morgan fingerprint density at radius 3 is 2.63 bits per heavy atom. The molecule has 2 bridgehead atoms. The molecule has 144 valence electrons. The van der Waals surface area contributed by atoms with Gasteiger partial charge in [0.25, 0.3) is 0 Å². The Morgan fingerprint density at radius 2 is 1.93 bits per heavy atom. The average molecular weight is 387 g/mol. The number of halogens is 1. The number of rotatable bonds is 4.